The topological polar surface area (TPSA) is 97.6 Å². The Hall–Kier alpha value is -2.90. The Balaban J connectivity index is 1.76. The molecule has 3 rings (SSSR count). The van der Waals surface area contributed by atoms with Crippen LogP contribution in [0.2, 0.25) is 0 Å². The second kappa shape index (κ2) is 7.77. The van der Waals surface area contributed by atoms with Crippen LogP contribution in [-0.4, -0.2) is 39.6 Å². The SMILES string of the molecule is CCCC1(CCC)NC(=O)N(Cc2noc(-c3ccc(OC)cc3)n2)C1=O. The molecule has 3 amide bonds. The monoisotopic (exact) mass is 372 g/mol. The largest absolute Gasteiger partial charge is 0.497 e. The summed E-state index contributed by atoms with van der Waals surface area (Å²) in [6.07, 6.45) is 2.85. The number of nitrogens with zero attached hydrogens (tertiary/aromatic N) is 3. The molecule has 0 spiro atoms. The van der Waals surface area contributed by atoms with Gasteiger partial charge in [0.2, 0.25) is 0 Å². The van der Waals surface area contributed by atoms with E-state index in [1.54, 1.807) is 31.4 Å². The van der Waals surface area contributed by atoms with E-state index in [1.165, 1.54) is 4.90 Å². The van der Waals surface area contributed by atoms with E-state index in [2.05, 4.69) is 15.5 Å². The number of ether oxygens (including phenoxy) is 1. The molecule has 144 valence electrons. The Morgan fingerprint density at radius 2 is 1.81 bits per heavy atom. The fraction of sp³-hybridized carbons (Fsp3) is 0.474. The molecule has 0 atom stereocenters. The van der Waals surface area contributed by atoms with Gasteiger partial charge in [-0.15, -0.1) is 0 Å². The first kappa shape index (κ1) is 18.9. The summed E-state index contributed by atoms with van der Waals surface area (Å²) in [5, 5.41) is 6.79. The number of nitrogens with one attached hydrogen (secondary N) is 1. The van der Waals surface area contributed by atoms with Gasteiger partial charge in [0.15, 0.2) is 5.82 Å². The fourth-order valence-corrected chi connectivity index (χ4v) is 3.45. The van der Waals surface area contributed by atoms with Crippen LogP contribution in [0.5, 0.6) is 5.75 Å². The smallest absolute Gasteiger partial charge is 0.325 e. The van der Waals surface area contributed by atoms with E-state index in [0.717, 1.165) is 24.2 Å². The van der Waals surface area contributed by atoms with Crippen molar-refractivity contribution < 1.29 is 18.8 Å². The number of amides is 3. The summed E-state index contributed by atoms with van der Waals surface area (Å²) in [7, 11) is 1.59. The molecule has 0 unspecified atom stereocenters. The molecule has 1 fully saturated rings. The maximum Gasteiger partial charge on any atom is 0.325 e. The van der Waals surface area contributed by atoms with E-state index in [-0.39, 0.29) is 18.3 Å². The number of methoxy groups -OCH3 is 1. The first-order valence-corrected chi connectivity index (χ1v) is 9.14. The third-order valence-electron chi connectivity index (χ3n) is 4.70. The number of imide groups is 1. The number of benzene rings is 1. The van der Waals surface area contributed by atoms with E-state index in [0.29, 0.717) is 18.7 Å². The summed E-state index contributed by atoms with van der Waals surface area (Å²) < 4.78 is 10.4. The lowest BCUT2D eigenvalue weighted by Crippen LogP contribution is -2.46. The summed E-state index contributed by atoms with van der Waals surface area (Å²) >= 11 is 0. The highest BCUT2D eigenvalue weighted by Gasteiger charge is 2.50. The van der Waals surface area contributed by atoms with Gasteiger partial charge in [-0.2, -0.15) is 4.98 Å². The summed E-state index contributed by atoms with van der Waals surface area (Å²) in [6, 6.07) is 6.79. The van der Waals surface area contributed by atoms with E-state index in [4.69, 9.17) is 9.26 Å². The number of rotatable bonds is 8. The van der Waals surface area contributed by atoms with E-state index >= 15 is 0 Å². The van der Waals surface area contributed by atoms with Gasteiger partial charge in [-0.05, 0) is 37.1 Å². The minimum Gasteiger partial charge on any atom is -0.497 e. The molecule has 2 heterocycles. The number of aromatic nitrogens is 2. The highest BCUT2D eigenvalue weighted by molar-refractivity contribution is 6.06. The quantitative estimate of drug-likeness (QED) is 0.715. The van der Waals surface area contributed by atoms with Gasteiger partial charge in [-0.25, -0.2) is 4.79 Å². The number of urea groups is 1. The fourth-order valence-electron chi connectivity index (χ4n) is 3.45. The van der Waals surface area contributed by atoms with Crippen LogP contribution in [0.15, 0.2) is 28.8 Å². The Kier molecular flexibility index (Phi) is 5.43. The molecule has 1 aliphatic heterocycles. The zero-order valence-electron chi connectivity index (χ0n) is 15.8. The molecule has 1 aliphatic rings. The van der Waals surface area contributed by atoms with Crippen molar-refractivity contribution in [3.05, 3.63) is 30.1 Å². The lowest BCUT2D eigenvalue weighted by Gasteiger charge is -2.25. The van der Waals surface area contributed by atoms with Gasteiger partial charge < -0.3 is 14.6 Å². The molecule has 0 aliphatic carbocycles. The number of hydrogen-bond acceptors (Lipinski definition) is 6. The van der Waals surface area contributed by atoms with Crippen LogP contribution >= 0.6 is 0 Å². The summed E-state index contributed by atoms with van der Waals surface area (Å²) in [6.45, 7) is 3.99. The van der Waals surface area contributed by atoms with Gasteiger partial charge >= 0.3 is 6.03 Å². The molecule has 1 N–H and O–H groups in total. The van der Waals surface area contributed by atoms with Crippen LogP contribution in [0.4, 0.5) is 4.79 Å². The molecule has 8 nitrogen and oxygen atoms in total. The number of carbonyl (C=O) groups is 2. The Morgan fingerprint density at radius 3 is 2.41 bits per heavy atom. The van der Waals surface area contributed by atoms with Gasteiger partial charge in [0.1, 0.15) is 11.3 Å². The summed E-state index contributed by atoms with van der Waals surface area (Å²) in [4.78, 5) is 30.8. The molecule has 0 bridgehead atoms. The second-order valence-electron chi connectivity index (χ2n) is 6.65. The number of carbonyl (C=O) groups excluding carboxylic acids is 2. The molecule has 1 aromatic carbocycles. The van der Waals surface area contributed by atoms with Gasteiger partial charge in [0.25, 0.3) is 11.8 Å². The van der Waals surface area contributed by atoms with Crippen LogP contribution in [0.1, 0.15) is 45.4 Å². The Labute approximate surface area is 157 Å². The molecule has 0 saturated carbocycles. The van der Waals surface area contributed by atoms with Gasteiger partial charge in [-0.1, -0.05) is 31.8 Å². The third kappa shape index (κ3) is 3.65. The van der Waals surface area contributed by atoms with Crippen LogP contribution in [-0.2, 0) is 11.3 Å². The zero-order valence-corrected chi connectivity index (χ0v) is 15.8. The van der Waals surface area contributed by atoms with Crippen molar-refractivity contribution in [2.75, 3.05) is 7.11 Å². The lowest BCUT2D eigenvalue weighted by atomic mass is 9.88. The van der Waals surface area contributed by atoms with Gasteiger partial charge in [0, 0.05) is 5.56 Å². The normalized spacial score (nSPS) is 15.9. The van der Waals surface area contributed by atoms with Crippen molar-refractivity contribution in [1.82, 2.24) is 20.4 Å². The van der Waals surface area contributed by atoms with Crippen molar-refractivity contribution in [3.63, 3.8) is 0 Å². The minimum atomic E-state index is -0.816. The molecular weight excluding hydrogens is 348 g/mol. The molecule has 27 heavy (non-hydrogen) atoms. The van der Waals surface area contributed by atoms with Gasteiger partial charge in [0.05, 0.1) is 13.7 Å². The Bertz CT molecular complexity index is 809. The first-order valence-electron chi connectivity index (χ1n) is 9.14. The van der Waals surface area contributed by atoms with Crippen LogP contribution < -0.4 is 10.1 Å². The lowest BCUT2D eigenvalue weighted by molar-refractivity contribution is -0.132. The molecule has 8 heteroatoms. The van der Waals surface area contributed by atoms with Crippen LogP contribution in [0.25, 0.3) is 11.5 Å². The zero-order chi connectivity index (χ0) is 19.4. The van der Waals surface area contributed by atoms with Crippen molar-refractivity contribution in [1.29, 1.82) is 0 Å². The highest BCUT2D eigenvalue weighted by atomic mass is 16.5. The highest BCUT2D eigenvalue weighted by Crippen LogP contribution is 2.29. The van der Waals surface area contributed by atoms with Crippen LogP contribution in [0.3, 0.4) is 0 Å². The average molecular weight is 372 g/mol. The van der Waals surface area contributed by atoms with Crippen molar-refractivity contribution in [2.24, 2.45) is 0 Å². The average Bonchev–Trinajstić information content (AvgIpc) is 3.22. The molecular formula is C19H24N4O4. The van der Waals surface area contributed by atoms with Crippen molar-refractivity contribution in [2.45, 2.75) is 51.6 Å². The molecule has 1 saturated heterocycles. The van der Waals surface area contributed by atoms with Crippen LogP contribution in [0, 0.1) is 0 Å². The summed E-state index contributed by atoms with van der Waals surface area (Å²) in [5.41, 5.74) is -0.0820. The maximum atomic E-state index is 12.9. The predicted octanol–water partition coefficient (Wildman–Crippen LogP) is 3.14. The predicted molar refractivity (Wildman–Crippen MR) is 97.9 cm³/mol. The van der Waals surface area contributed by atoms with Crippen molar-refractivity contribution >= 4 is 11.9 Å². The van der Waals surface area contributed by atoms with E-state index in [1.807, 2.05) is 13.8 Å². The van der Waals surface area contributed by atoms with E-state index in [9.17, 15) is 9.59 Å². The van der Waals surface area contributed by atoms with E-state index < -0.39 is 11.6 Å². The second-order valence-corrected chi connectivity index (χ2v) is 6.65. The molecule has 0 radical (unpaired) electrons. The third-order valence-corrected chi connectivity index (χ3v) is 4.70. The standard InChI is InChI=1S/C19H24N4O4/c1-4-10-19(11-5-2)17(24)23(18(25)21-19)12-15-20-16(27-22-15)13-6-8-14(26-3)9-7-13/h6-9H,4-5,10-12H2,1-3H3,(H,21,25). The minimum absolute atomic E-state index is 0.0144. The molecule has 1 aromatic heterocycles. The van der Waals surface area contributed by atoms with Crippen molar-refractivity contribution in [3.8, 4) is 17.2 Å². The Morgan fingerprint density at radius 1 is 1.15 bits per heavy atom. The first-order chi connectivity index (χ1) is 13.0. The summed E-state index contributed by atoms with van der Waals surface area (Å²) in [5.74, 6) is 1.12. The number of hydrogen-bond donors (Lipinski definition) is 1. The maximum absolute atomic E-state index is 12.9. The van der Waals surface area contributed by atoms with Gasteiger partial charge in [-0.3, -0.25) is 9.69 Å². The molecule has 2 aromatic rings.